The standard InChI is InChI=1S/C17H31N3O5S/c1-3-13-26(23,24)20-11-5-14(6-12-20)16(21)18-15-7-9-19(10-8-15)17(22)25-4-2/h14-15H,3-13H2,1-2H3,(H,18,21). The van der Waals surface area contributed by atoms with Gasteiger partial charge in [0.2, 0.25) is 15.9 Å². The Hall–Kier alpha value is -1.35. The first-order valence-electron chi connectivity index (χ1n) is 9.57. The Morgan fingerprint density at radius 1 is 1.04 bits per heavy atom. The van der Waals surface area contributed by atoms with Gasteiger partial charge in [-0.2, -0.15) is 0 Å². The second kappa shape index (κ2) is 9.55. The van der Waals surface area contributed by atoms with Crippen LogP contribution in [0.3, 0.4) is 0 Å². The molecule has 8 nitrogen and oxygen atoms in total. The summed E-state index contributed by atoms with van der Waals surface area (Å²) < 4.78 is 30.7. The fourth-order valence-electron chi connectivity index (χ4n) is 3.52. The number of ether oxygens (including phenoxy) is 1. The lowest BCUT2D eigenvalue weighted by molar-refractivity contribution is -0.127. The van der Waals surface area contributed by atoms with Crippen molar-refractivity contribution in [3.05, 3.63) is 0 Å². The van der Waals surface area contributed by atoms with Crippen LogP contribution in [-0.4, -0.2) is 74.2 Å². The third-order valence-electron chi connectivity index (χ3n) is 5.05. The van der Waals surface area contributed by atoms with Crippen molar-refractivity contribution >= 4 is 22.0 Å². The minimum atomic E-state index is -3.18. The molecule has 26 heavy (non-hydrogen) atoms. The fraction of sp³-hybridized carbons (Fsp3) is 0.882. The lowest BCUT2D eigenvalue weighted by atomic mass is 9.96. The van der Waals surface area contributed by atoms with E-state index >= 15 is 0 Å². The summed E-state index contributed by atoms with van der Waals surface area (Å²) in [5, 5.41) is 3.07. The van der Waals surface area contributed by atoms with Crippen molar-refractivity contribution in [3.8, 4) is 0 Å². The largest absolute Gasteiger partial charge is 0.450 e. The Bertz CT molecular complexity index is 579. The maximum Gasteiger partial charge on any atom is 0.409 e. The van der Waals surface area contributed by atoms with Gasteiger partial charge in [0.25, 0.3) is 0 Å². The van der Waals surface area contributed by atoms with Crippen molar-refractivity contribution in [1.29, 1.82) is 0 Å². The zero-order valence-electron chi connectivity index (χ0n) is 15.8. The molecule has 0 aromatic rings. The van der Waals surface area contributed by atoms with Crippen LogP contribution >= 0.6 is 0 Å². The molecule has 2 amide bonds. The number of likely N-dealkylation sites (tertiary alicyclic amines) is 1. The second-order valence-corrected chi connectivity index (χ2v) is 9.05. The van der Waals surface area contributed by atoms with Gasteiger partial charge in [0.05, 0.1) is 12.4 Å². The average Bonchev–Trinajstić information content (AvgIpc) is 2.62. The molecule has 0 aromatic heterocycles. The average molecular weight is 390 g/mol. The van der Waals surface area contributed by atoms with E-state index in [1.54, 1.807) is 11.8 Å². The van der Waals surface area contributed by atoms with Gasteiger partial charge in [0, 0.05) is 38.1 Å². The molecule has 0 spiro atoms. The molecule has 0 unspecified atom stereocenters. The molecule has 0 bridgehead atoms. The Balaban J connectivity index is 1.74. The van der Waals surface area contributed by atoms with Crippen molar-refractivity contribution in [2.24, 2.45) is 5.92 Å². The van der Waals surface area contributed by atoms with Crippen LogP contribution < -0.4 is 5.32 Å². The van der Waals surface area contributed by atoms with Crippen LogP contribution in [0.15, 0.2) is 0 Å². The number of nitrogens with one attached hydrogen (secondary N) is 1. The Morgan fingerprint density at radius 3 is 2.19 bits per heavy atom. The van der Waals surface area contributed by atoms with Gasteiger partial charge in [0.1, 0.15) is 0 Å². The number of rotatable bonds is 6. The van der Waals surface area contributed by atoms with Crippen molar-refractivity contribution in [3.63, 3.8) is 0 Å². The molecule has 0 radical (unpaired) electrons. The topological polar surface area (TPSA) is 96.0 Å². The number of carbonyl (C=O) groups is 2. The minimum Gasteiger partial charge on any atom is -0.450 e. The minimum absolute atomic E-state index is 0.00660. The van der Waals surface area contributed by atoms with Crippen LogP contribution in [0.1, 0.15) is 46.0 Å². The first-order valence-corrected chi connectivity index (χ1v) is 11.2. The molecule has 0 aromatic carbocycles. The van der Waals surface area contributed by atoms with Crippen LogP contribution in [0, 0.1) is 5.92 Å². The maximum absolute atomic E-state index is 12.5. The summed E-state index contributed by atoms with van der Waals surface area (Å²) in [7, 11) is -3.18. The summed E-state index contributed by atoms with van der Waals surface area (Å²) in [4.78, 5) is 25.8. The lowest BCUT2D eigenvalue weighted by Crippen LogP contribution is -2.49. The highest BCUT2D eigenvalue weighted by molar-refractivity contribution is 7.89. The number of hydrogen-bond donors (Lipinski definition) is 1. The van der Waals surface area contributed by atoms with E-state index in [-0.39, 0.29) is 29.7 Å². The summed E-state index contributed by atoms with van der Waals surface area (Å²) in [6, 6.07) is 0.0648. The zero-order chi connectivity index (χ0) is 19.2. The summed E-state index contributed by atoms with van der Waals surface area (Å²) in [6.45, 7) is 6.00. The molecule has 1 N–H and O–H groups in total. The quantitative estimate of drug-likeness (QED) is 0.736. The predicted molar refractivity (Wildman–Crippen MR) is 98.1 cm³/mol. The number of carbonyl (C=O) groups excluding carboxylic acids is 2. The molecule has 2 aliphatic heterocycles. The SMILES string of the molecule is CCCS(=O)(=O)N1CCC(C(=O)NC2CCN(C(=O)OCC)CC2)CC1. The number of piperidine rings is 2. The molecule has 2 heterocycles. The van der Waals surface area contributed by atoms with Gasteiger partial charge in [-0.1, -0.05) is 6.92 Å². The summed E-state index contributed by atoms with van der Waals surface area (Å²) in [5.74, 6) is 0.0430. The summed E-state index contributed by atoms with van der Waals surface area (Å²) >= 11 is 0. The van der Waals surface area contributed by atoms with Gasteiger partial charge in [-0.3, -0.25) is 4.79 Å². The monoisotopic (exact) mass is 389 g/mol. The third-order valence-corrected chi connectivity index (χ3v) is 7.12. The number of sulfonamides is 1. The Labute approximate surface area is 156 Å². The zero-order valence-corrected chi connectivity index (χ0v) is 16.6. The lowest BCUT2D eigenvalue weighted by Gasteiger charge is -2.34. The molecule has 9 heteroatoms. The van der Waals surface area contributed by atoms with E-state index in [4.69, 9.17) is 4.74 Å². The van der Waals surface area contributed by atoms with E-state index in [0.29, 0.717) is 64.9 Å². The molecule has 0 aliphatic carbocycles. The molecular weight excluding hydrogens is 358 g/mol. The number of nitrogens with zero attached hydrogens (tertiary/aromatic N) is 2. The Kier molecular flexibility index (Phi) is 7.69. The molecule has 2 fully saturated rings. The van der Waals surface area contributed by atoms with Gasteiger partial charge in [-0.25, -0.2) is 17.5 Å². The summed E-state index contributed by atoms with van der Waals surface area (Å²) in [6.07, 6.45) is 2.88. The molecule has 2 aliphatic rings. The van der Waals surface area contributed by atoms with E-state index in [1.165, 1.54) is 4.31 Å². The van der Waals surface area contributed by atoms with Crippen LogP contribution in [0.5, 0.6) is 0 Å². The molecular formula is C17H31N3O5S. The van der Waals surface area contributed by atoms with Crippen molar-refractivity contribution < 1.29 is 22.7 Å². The van der Waals surface area contributed by atoms with Gasteiger partial charge in [-0.15, -0.1) is 0 Å². The van der Waals surface area contributed by atoms with Gasteiger partial charge in [-0.05, 0) is 39.0 Å². The van der Waals surface area contributed by atoms with Gasteiger partial charge in [0.15, 0.2) is 0 Å². The van der Waals surface area contributed by atoms with E-state index in [2.05, 4.69) is 5.32 Å². The van der Waals surface area contributed by atoms with Crippen molar-refractivity contribution in [1.82, 2.24) is 14.5 Å². The van der Waals surface area contributed by atoms with Crippen LogP contribution in [-0.2, 0) is 19.6 Å². The highest BCUT2D eigenvalue weighted by Gasteiger charge is 2.32. The molecule has 0 atom stereocenters. The predicted octanol–water partition coefficient (Wildman–Crippen LogP) is 1.18. The van der Waals surface area contributed by atoms with Crippen LogP contribution in [0.2, 0.25) is 0 Å². The smallest absolute Gasteiger partial charge is 0.409 e. The molecule has 2 saturated heterocycles. The van der Waals surface area contributed by atoms with Gasteiger partial charge < -0.3 is 15.0 Å². The van der Waals surface area contributed by atoms with Crippen molar-refractivity contribution in [2.45, 2.75) is 52.0 Å². The van der Waals surface area contributed by atoms with Crippen LogP contribution in [0.4, 0.5) is 4.79 Å². The van der Waals surface area contributed by atoms with Crippen LogP contribution in [0.25, 0.3) is 0 Å². The molecule has 150 valence electrons. The Morgan fingerprint density at radius 2 is 1.65 bits per heavy atom. The van der Waals surface area contributed by atoms with Crippen molar-refractivity contribution in [2.75, 3.05) is 38.5 Å². The van der Waals surface area contributed by atoms with E-state index in [9.17, 15) is 18.0 Å². The fourth-order valence-corrected chi connectivity index (χ4v) is 5.06. The number of amides is 2. The van der Waals surface area contributed by atoms with Gasteiger partial charge >= 0.3 is 6.09 Å². The van der Waals surface area contributed by atoms with E-state index < -0.39 is 10.0 Å². The first-order chi connectivity index (χ1) is 12.4. The molecule has 0 saturated carbocycles. The molecule has 2 rings (SSSR count). The highest BCUT2D eigenvalue weighted by atomic mass is 32.2. The van der Waals surface area contributed by atoms with E-state index in [1.807, 2.05) is 6.92 Å². The summed E-state index contributed by atoms with van der Waals surface area (Å²) in [5.41, 5.74) is 0. The normalized spacial score (nSPS) is 20.8. The number of hydrogen-bond acceptors (Lipinski definition) is 5. The maximum atomic E-state index is 12.5. The van der Waals surface area contributed by atoms with E-state index in [0.717, 1.165) is 0 Å². The second-order valence-electron chi connectivity index (χ2n) is 6.96. The highest BCUT2D eigenvalue weighted by Crippen LogP contribution is 2.21. The first kappa shape index (κ1) is 21.0. The third kappa shape index (κ3) is 5.57.